The maximum absolute atomic E-state index is 5.41. The number of hydrogen-bond donors (Lipinski definition) is 3. The van der Waals surface area contributed by atoms with Gasteiger partial charge in [-0.25, -0.2) is 15.0 Å². The monoisotopic (exact) mass is 374 g/mol. The van der Waals surface area contributed by atoms with Crippen molar-refractivity contribution in [2.75, 3.05) is 18.4 Å². The first-order chi connectivity index (χ1) is 13.8. The molecule has 0 bridgehead atoms. The van der Waals surface area contributed by atoms with Crippen molar-refractivity contribution in [1.82, 2.24) is 25.3 Å². The summed E-state index contributed by atoms with van der Waals surface area (Å²) in [5.41, 5.74) is 5.02. The van der Waals surface area contributed by atoms with Gasteiger partial charge in [0, 0.05) is 47.0 Å². The normalized spacial score (nSPS) is 17.1. The van der Waals surface area contributed by atoms with Crippen molar-refractivity contribution in [2.45, 2.75) is 25.8 Å². The smallest absolute Gasteiger partial charge is 0.225 e. The van der Waals surface area contributed by atoms with Gasteiger partial charge in [-0.15, -0.1) is 0 Å². The maximum atomic E-state index is 5.41. The molecule has 4 heterocycles. The molecule has 1 aliphatic rings. The van der Waals surface area contributed by atoms with Crippen LogP contribution in [0.4, 0.5) is 5.95 Å². The number of piperidine rings is 1. The molecule has 0 amide bonds. The first-order valence-electron chi connectivity index (χ1n) is 9.60. The molecular weight excluding hydrogens is 352 g/mol. The second-order valence-electron chi connectivity index (χ2n) is 7.21. The van der Waals surface area contributed by atoms with Gasteiger partial charge in [0.05, 0.1) is 11.9 Å². The van der Waals surface area contributed by atoms with Crippen LogP contribution in [0.2, 0.25) is 0 Å². The molecule has 7 nitrogen and oxygen atoms in total. The van der Waals surface area contributed by atoms with Crippen LogP contribution >= 0.6 is 0 Å². The van der Waals surface area contributed by atoms with Crippen LogP contribution in [0.5, 0.6) is 0 Å². The van der Waals surface area contributed by atoms with Crippen molar-refractivity contribution in [1.29, 1.82) is 0 Å². The van der Waals surface area contributed by atoms with E-state index in [4.69, 9.17) is 9.40 Å². The number of anilines is 1. The molecule has 4 aromatic rings. The number of aromatic nitrogens is 4. The fourth-order valence-electron chi connectivity index (χ4n) is 3.76. The summed E-state index contributed by atoms with van der Waals surface area (Å²) in [5, 5.41) is 8.00. The molecule has 0 spiro atoms. The molecular formula is C21H22N6O. The van der Waals surface area contributed by atoms with Crippen LogP contribution in [0.3, 0.4) is 0 Å². The Morgan fingerprint density at radius 3 is 3.04 bits per heavy atom. The van der Waals surface area contributed by atoms with Gasteiger partial charge in [-0.1, -0.05) is 6.07 Å². The summed E-state index contributed by atoms with van der Waals surface area (Å²) in [7, 11) is 0. The highest BCUT2D eigenvalue weighted by Crippen LogP contribution is 2.32. The summed E-state index contributed by atoms with van der Waals surface area (Å²) >= 11 is 0. The molecule has 5 rings (SSSR count). The first-order valence-corrected chi connectivity index (χ1v) is 9.60. The fourth-order valence-corrected chi connectivity index (χ4v) is 3.76. The summed E-state index contributed by atoms with van der Waals surface area (Å²) < 4.78 is 5.41. The zero-order chi connectivity index (χ0) is 18.9. The van der Waals surface area contributed by atoms with Gasteiger partial charge in [0.2, 0.25) is 11.8 Å². The minimum atomic E-state index is 0.371. The highest BCUT2D eigenvalue weighted by molar-refractivity contribution is 5.97. The van der Waals surface area contributed by atoms with E-state index in [0.717, 1.165) is 52.8 Å². The Kier molecular flexibility index (Phi) is 4.29. The van der Waals surface area contributed by atoms with Crippen LogP contribution in [-0.4, -0.2) is 39.1 Å². The zero-order valence-corrected chi connectivity index (χ0v) is 15.7. The largest absolute Gasteiger partial charge is 0.445 e. The highest BCUT2D eigenvalue weighted by Gasteiger charge is 2.16. The van der Waals surface area contributed by atoms with E-state index in [2.05, 4.69) is 31.7 Å². The summed E-state index contributed by atoms with van der Waals surface area (Å²) in [4.78, 5) is 16.9. The fraction of sp³-hybridized carbons (Fsp3) is 0.286. The van der Waals surface area contributed by atoms with Gasteiger partial charge in [0.25, 0.3) is 0 Å². The summed E-state index contributed by atoms with van der Waals surface area (Å²) in [5.74, 6) is 1.30. The second-order valence-corrected chi connectivity index (χ2v) is 7.21. The molecule has 142 valence electrons. The Hall–Kier alpha value is -3.19. The van der Waals surface area contributed by atoms with Crippen molar-refractivity contribution < 1.29 is 4.42 Å². The predicted octanol–water partition coefficient (Wildman–Crippen LogP) is 3.75. The molecule has 0 radical (unpaired) electrons. The van der Waals surface area contributed by atoms with Gasteiger partial charge in [-0.05, 0) is 44.0 Å². The standard InChI is InChI=1S/C21H22N6O/c1-13-10-25-21(26-15-3-2-6-22-11-15)27-19(13)17-12-24-18-9-14(4-5-16(17)18)20-23-7-8-28-20/h4-5,7-10,12,15,22,24H,2-3,6,11H2,1H3,(H,25,26,27)/t15-/m0/s1. The quantitative estimate of drug-likeness (QED) is 0.504. The lowest BCUT2D eigenvalue weighted by Crippen LogP contribution is -2.38. The van der Waals surface area contributed by atoms with Crippen molar-refractivity contribution in [3.8, 4) is 22.7 Å². The summed E-state index contributed by atoms with van der Waals surface area (Å²) in [6, 6.07) is 6.53. The van der Waals surface area contributed by atoms with E-state index >= 15 is 0 Å². The molecule has 0 aliphatic carbocycles. The lowest BCUT2D eigenvalue weighted by atomic mass is 10.1. The van der Waals surface area contributed by atoms with E-state index in [-0.39, 0.29) is 0 Å². The van der Waals surface area contributed by atoms with Crippen molar-refractivity contribution in [3.63, 3.8) is 0 Å². The first kappa shape index (κ1) is 16.9. The predicted molar refractivity (Wildman–Crippen MR) is 109 cm³/mol. The van der Waals surface area contributed by atoms with Crippen LogP contribution in [0.1, 0.15) is 18.4 Å². The summed E-state index contributed by atoms with van der Waals surface area (Å²) in [6.45, 7) is 4.08. The van der Waals surface area contributed by atoms with Gasteiger partial charge in [0.1, 0.15) is 6.26 Å². The molecule has 3 aromatic heterocycles. The molecule has 3 N–H and O–H groups in total. The number of benzene rings is 1. The van der Waals surface area contributed by atoms with Gasteiger partial charge in [0.15, 0.2) is 0 Å². The Balaban J connectivity index is 1.49. The number of nitrogens with zero attached hydrogens (tertiary/aromatic N) is 3. The molecule has 1 aliphatic heterocycles. The van der Waals surface area contributed by atoms with Crippen LogP contribution in [0.15, 0.2) is 47.5 Å². The van der Waals surface area contributed by atoms with Gasteiger partial charge in [-0.2, -0.15) is 0 Å². The molecule has 1 aromatic carbocycles. The van der Waals surface area contributed by atoms with Crippen molar-refractivity contribution in [2.24, 2.45) is 0 Å². The molecule has 7 heteroatoms. The molecule has 28 heavy (non-hydrogen) atoms. The van der Waals surface area contributed by atoms with Crippen LogP contribution < -0.4 is 10.6 Å². The van der Waals surface area contributed by atoms with E-state index < -0.39 is 0 Å². The number of oxazole rings is 1. The number of rotatable bonds is 4. The van der Waals surface area contributed by atoms with Crippen LogP contribution in [0, 0.1) is 6.92 Å². The number of aromatic amines is 1. The van der Waals surface area contributed by atoms with E-state index in [0.29, 0.717) is 17.9 Å². The van der Waals surface area contributed by atoms with E-state index in [9.17, 15) is 0 Å². The van der Waals surface area contributed by atoms with E-state index in [1.165, 1.54) is 6.42 Å². The topological polar surface area (TPSA) is 91.7 Å². The lowest BCUT2D eigenvalue weighted by molar-refractivity contribution is 0.478. The molecule has 1 fully saturated rings. The molecule has 1 saturated heterocycles. The minimum Gasteiger partial charge on any atom is -0.445 e. The Bertz CT molecular complexity index is 1100. The Labute approximate surface area is 162 Å². The van der Waals surface area contributed by atoms with Crippen LogP contribution in [-0.2, 0) is 0 Å². The van der Waals surface area contributed by atoms with E-state index in [1.54, 1.807) is 12.5 Å². The van der Waals surface area contributed by atoms with Gasteiger partial charge < -0.3 is 20.0 Å². The average molecular weight is 374 g/mol. The maximum Gasteiger partial charge on any atom is 0.225 e. The third kappa shape index (κ3) is 3.14. The lowest BCUT2D eigenvalue weighted by Gasteiger charge is -2.24. The third-order valence-corrected chi connectivity index (χ3v) is 5.22. The number of aryl methyl sites for hydroxylation is 1. The van der Waals surface area contributed by atoms with Gasteiger partial charge in [-0.3, -0.25) is 0 Å². The molecule has 0 unspecified atom stereocenters. The van der Waals surface area contributed by atoms with E-state index in [1.807, 2.05) is 31.5 Å². The molecule has 1 atom stereocenters. The minimum absolute atomic E-state index is 0.371. The number of H-pyrrole nitrogens is 1. The molecule has 0 saturated carbocycles. The van der Waals surface area contributed by atoms with Gasteiger partial charge >= 0.3 is 0 Å². The SMILES string of the molecule is Cc1cnc(N[C@H]2CCCNC2)nc1-c1c[nH]c2cc(-c3ncco3)ccc12. The summed E-state index contributed by atoms with van der Waals surface area (Å²) in [6.07, 6.45) is 9.44. The Morgan fingerprint density at radius 2 is 2.21 bits per heavy atom. The van der Waals surface area contributed by atoms with Crippen molar-refractivity contribution >= 4 is 16.9 Å². The second kappa shape index (κ2) is 7.09. The number of hydrogen-bond acceptors (Lipinski definition) is 6. The third-order valence-electron chi connectivity index (χ3n) is 5.22. The highest BCUT2D eigenvalue weighted by atomic mass is 16.3. The average Bonchev–Trinajstić information content (AvgIpc) is 3.40. The zero-order valence-electron chi connectivity index (χ0n) is 15.7. The Morgan fingerprint density at radius 1 is 1.25 bits per heavy atom. The van der Waals surface area contributed by atoms with Crippen LogP contribution in [0.25, 0.3) is 33.6 Å². The number of nitrogens with one attached hydrogen (secondary N) is 3. The van der Waals surface area contributed by atoms with Crippen molar-refractivity contribution in [3.05, 3.63) is 48.6 Å². The number of fused-ring (bicyclic) bond motifs is 1.